The second-order valence-electron chi connectivity index (χ2n) is 3.45. The number of ether oxygens (including phenoxy) is 1. The van der Waals surface area contributed by atoms with Gasteiger partial charge >= 0.3 is 0 Å². The molecule has 0 aliphatic heterocycles. The zero-order valence-corrected chi connectivity index (χ0v) is 9.81. The molecule has 3 nitrogen and oxygen atoms in total. The minimum absolute atomic E-state index is 0.534. The maximum atomic E-state index is 5.80. The molecule has 84 valence electrons. The fourth-order valence-electron chi connectivity index (χ4n) is 1.34. The number of aryl methyl sites for hydroxylation is 1. The molecule has 1 heterocycles. The van der Waals surface area contributed by atoms with E-state index in [9.17, 15) is 0 Å². The highest BCUT2D eigenvalue weighted by Gasteiger charge is 1.99. The highest BCUT2D eigenvalue weighted by Crippen LogP contribution is 2.13. The van der Waals surface area contributed by atoms with Gasteiger partial charge in [-0.2, -0.15) is 5.10 Å². The smallest absolute Gasteiger partial charge is 0.157 e. The molecule has 2 aromatic rings. The molecule has 0 bridgehead atoms. The second kappa shape index (κ2) is 5.03. The second-order valence-corrected chi connectivity index (χ2v) is 3.88. The van der Waals surface area contributed by atoms with Gasteiger partial charge in [0, 0.05) is 11.6 Å². The molecule has 0 saturated carbocycles. The molecular weight excluding hydrogens is 224 g/mol. The molecule has 16 heavy (non-hydrogen) atoms. The van der Waals surface area contributed by atoms with Gasteiger partial charge in [0.25, 0.3) is 0 Å². The molecule has 0 unspecified atom stereocenters. The summed E-state index contributed by atoms with van der Waals surface area (Å²) in [5.41, 5.74) is 1.09. The van der Waals surface area contributed by atoms with Gasteiger partial charge in [-0.25, -0.2) is 0 Å². The average molecular weight is 237 g/mol. The molecule has 1 aromatic heterocycles. The summed E-state index contributed by atoms with van der Waals surface area (Å²) >= 11 is 5.80. The zero-order chi connectivity index (χ0) is 11.4. The van der Waals surface area contributed by atoms with Gasteiger partial charge in [0.1, 0.15) is 6.61 Å². The van der Waals surface area contributed by atoms with Crippen LogP contribution < -0.4 is 4.74 Å². The van der Waals surface area contributed by atoms with Crippen LogP contribution >= 0.6 is 11.6 Å². The maximum Gasteiger partial charge on any atom is 0.157 e. The first-order valence-corrected chi connectivity index (χ1v) is 5.55. The standard InChI is InChI=1S/C12H13ClN2O/c1-2-15-8-12(7-14-15)16-9-10-3-5-11(13)6-4-10/h3-8H,2,9H2,1H3. The van der Waals surface area contributed by atoms with Crippen LogP contribution in [0.4, 0.5) is 0 Å². The maximum absolute atomic E-state index is 5.80. The topological polar surface area (TPSA) is 27.1 Å². The van der Waals surface area contributed by atoms with Crippen LogP contribution in [0.1, 0.15) is 12.5 Å². The van der Waals surface area contributed by atoms with E-state index in [2.05, 4.69) is 5.10 Å². The van der Waals surface area contributed by atoms with Crippen molar-refractivity contribution in [3.63, 3.8) is 0 Å². The van der Waals surface area contributed by atoms with E-state index in [1.165, 1.54) is 0 Å². The molecule has 4 heteroatoms. The molecule has 0 amide bonds. The number of hydrogen-bond acceptors (Lipinski definition) is 2. The van der Waals surface area contributed by atoms with Crippen molar-refractivity contribution in [2.45, 2.75) is 20.1 Å². The van der Waals surface area contributed by atoms with Crippen molar-refractivity contribution >= 4 is 11.6 Å². The van der Waals surface area contributed by atoms with Crippen LogP contribution in [-0.2, 0) is 13.2 Å². The fourth-order valence-corrected chi connectivity index (χ4v) is 1.47. The normalized spacial score (nSPS) is 10.4. The average Bonchev–Trinajstić information content (AvgIpc) is 2.76. The Bertz CT molecular complexity index is 450. The molecular formula is C12H13ClN2O. The number of aromatic nitrogens is 2. The van der Waals surface area contributed by atoms with Gasteiger partial charge in [-0.15, -0.1) is 0 Å². The molecule has 2 rings (SSSR count). The quantitative estimate of drug-likeness (QED) is 0.816. The van der Waals surface area contributed by atoms with Crippen LogP contribution in [-0.4, -0.2) is 9.78 Å². The Hall–Kier alpha value is -1.48. The Morgan fingerprint density at radius 2 is 2.06 bits per heavy atom. The number of hydrogen-bond donors (Lipinski definition) is 0. The third kappa shape index (κ3) is 2.76. The Balaban J connectivity index is 1.94. The van der Waals surface area contributed by atoms with Crippen molar-refractivity contribution in [2.75, 3.05) is 0 Å². The third-order valence-electron chi connectivity index (χ3n) is 2.25. The van der Waals surface area contributed by atoms with Crippen molar-refractivity contribution < 1.29 is 4.74 Å². The molecule has 0 spiro atoms. The van der Waals surface area contributed by atoms with Gasteiger partial charge in [-0.3, -0.25) is 4.68 Å². The number of rotatable bonds is 4. The lowest BCUT2D eigenvalue weighted by atomic mass is 10.2. The Kier molecular flexibility index (Phi) is 3.47. The number of nitrogens with zero attached hydrogens (tertiary/aromatic N) is 2. The molecule has 0 aliphatic rings. The summed E-state index contributed by atoms with van der Waals surface area (Å²) in [6, 6.07) is 7.62. The highest BCUT2D eigenvalue weighted by atomic mass is 35.5. The summed E-state index contributed by atoms with van der Waals surface area (Å²) in [6.45, 7) is 3.42. The summed E-state index contributed by atoms with van der Waals surface area (Å²) in [7, 11) is 0. The predicted octanol–water partition coefficient (Wildman–Crippen LogP) is 3.14. The van der Waals surface area contributed by atoms with Crippen LogP contribution in [0.5, 0.6) is 5.75 Å². The van der Waals surface area contributed by atoms with Crippen molar-refractivity contribution in [3.8, 4) is 5.75 Å². The van der Waals surface area contributed by atoms with Crippen molar-refractivity contribution in [2.24, 2.45) is 0 Å². The number of benzene rings is 1. The molecule has 0 fully saturated rings. The highest BCUT2D eigenvalue weighted by molar-refractivity contribution is 6.30. The molecule has 0 atom stereocenters. The van der Waals surface area contributed by atoms with Crippen molar-refractivity contribution in [1.29, 1.82) is 0 Å². The lowest BCUT2D eigenvalue weighted by Gasteiger charge is -2.03. The number of halogens is 1. The van der Waals surface area contributed by atoms with Gasteiger partial charge in [-0.1, -0.05) is 23.7 Å². The van der Waals surface area contributed by atoms with E-state index in [1.54, 1.807) is 6.20 Å². The lowest BCUT2D eigenvalue weighted by molar-refractivity contribution is 0.306. The van der Waals surface area contributed by atoms with Crippen LogP contribution in [0.3, 0.4) is 0 Å². The summed E-state index contributed by atoms with van der Waals surface area (Å²) in [5.74, 6) is 0.789. The molecule has 0 saturated heterocycles. The SMILES string of the molecule is CCn1cc(OCc2ccc(Cl)cc2)cn1. The van der Waals surface area contributed by atoms with Gasteiger partial charge in [-0.05, 0) is 24.6 Å². The van der Waals surface area contributed by atoms with Crippen molar-refractivity contribution in [1.82, 2.24) is 9.78 Å². The first-order valence-electron chi connectivity index (χ1n) is 5.17. The lowest BCUT2D eigenvalue weighted by Crippen LogP contribution is -1.95. The third-order valence-corrected chi connectivity index (χ3v) is 2.50. The predicted molar refractivity (Wildman–Crippen MR) is 63.7 cm³/mol. The van der Waals surface area contributed by atoms with Gasteiger partial charge in [0.15, 0.2) is 5.75 Å². The van der Waals surface area contributed by atoms with E-state index in [1.807, 2.05) is 42.1 Å². The summed E-state index contributed by atoms with van der Waals surface area (Å²) < 4.78 is 7.42. The van der Waals surface area contributed by atoms with E-state index < -0.39 is 0 Å². The van der Waals surface area contributed by atoms with Gasteiger partial charge < -0.3 is 4.74 Å². The molecule has 0 radical (unpaired) electrons. The first-order chi connectivity index (χ1) is 7.78. The minimum atomic E-state index is 0.534. The van der Waals surface area contributed by atoms with Crippen molar-refractivity contribution in [3.05, 3.63) is 47.2 Å². The zero-order valence-electron chi connectivity index (χ0n) is 9.06. The van der Waals surface area contributed by atoms with E-state index in [-0.39, 0.29) is 0 Å². The first kappa shape index (κ1) is 11.0. The van der Waals surface area contributed by atoms with Crippen LogP contribution in [0.2, 0.25) is 5.02 Å². The summed E-state index contributed by atoms with van der Waals surface area (Å²) in [5, 5.41) is 4.87. The van der Waals surface area contributed by atoms with Crippen LogP contribution in [0, 0.1) is 0 Å². The molecule has 0 N–H and O–H groups in total. The van der Waals surface area contributed by atoms with Gasteiger partial charge in [0.05, 0.1) is 12.4 Å². The van der Waals surface area contributed by atoms with E-state index in [4.69, 9.17) is 16.3 Å². The van der Waals surface area contributed by atoms with Crippen LogP contribution in [0.25, 0.3) is 0 Å². The summed E-state index contributed by atoms with van der Waals surface area (Å²) in [6.07, 6.45) is 3.61. The fraction of sp³-hybridized carbons (Fsp3) is 0.250. The van der Waals surface area contributed by atoms with Crippen LogP contribution in [0.15, 0.2) is 36.7 Å². The monoisotopic (exact) mass is 236 g/mol. The van der Waals surface area contributed by atoms with E-state index in [0.29, 0.717) is 6.61 Å². The van der Waals surface area contributed by atoms with E-state index in [0.717, 1.165) is 22.9 Å². The van der Waals surface area contributed by atoms with Gasteiger partial charge in [0.2, 0.25) is 0 Å². The Morgan fingerprint density at radius 1 is 1.31 bits per heavy atom. The largest absolute Gasteiger partial charge is 0.486 e. The molecule has 0 aliphatic carbocycles. The minimum Gasteiger partial charge on any atom is -0.486 e. The molecule has 1 aromatic carbocycles. The Labute approximate surface area is 99.6 Å². The summed E-state index contributed by atoms with van der Waals surface area (Å²) in [4.78, 5) is 0. The Morgan fingerprint density at radius 3 is 2.69 bits per heavy atom. The van der Waals surface area contributed by atoms with E-state index >= 15 is 0 Å².